The smallest absolute Gasteiger partial charge is 0.250 e. The third-order valence-corrected chi connectivity index (χ3v) is 1.10. The van der Waals surface area contributed by atoms with Crippen LogP contribution in [0.3, 0.4) is 0 Å². The number of nitrogens with two attached hydrogens (primary N) is 1. The van der Waals surface area contributed by atoms with Crippen LogP contribution in [0.25, 0.3) is 0 Å². The fraction of sp³-hybridized carbons (Fsp3) is 0.833. The number of aliphatic hydroxyl groups is 2. The van der Waals surface area contributed by atoms with Crippen LogP contribution in [0.4, 0.5) is 0 Å². The van der Waals surface area contributed by atoms with Crippen molar-refractivity contribution in [3.05, 3.63) is 0 Å². The largest absolute Gasteiger partial charge is 0.392 e. The molecule has 0 saturated heterocycles. The Labute approximate surface area is 65.2 Å². The number of amides is 1. The first-order chi connectivity index (χ1) is 5.07. The maximum atomic E-state index is 10.7. The first kappa shape index (κ1) is 10.3. The van der Waals surface area contributed by atoms with Gasteiger partial charge in [-0.25, -0.2) is 0 Å². The fourth-order valence-corrected chi connectivity index (χ4v) is 0.473. The van der Waals surface area contributed by atoms with Crippen molar-refractivity contribution >= 4 is 5.91 Å². The molecule has 0 aliphatic heterocycles. The molecule has 2 atom stereocenters. The quantitative estimate of drug-likeness (QED) is 0.377. The van der Waals surface area contributed by atoms with E-state index in [1.54, 1.807) is 0 Å². The standard InChI is InChI=1S/C6H14N2O3/c1-4(9)3-8-6(11)5(10)2-7/h4-5,9-10H,2-3,7H2,1H3,(H,8,11)/t4?,5-/m0/s1. The van der Waals surface area contributed by atoms with Gasteiger partial charge in [0.25, 0.3) is 0 Å². The summed E-state index contributed by atoms with van der Waals surface area (Å²) in [6, 6.07) is 0. The molecule has 66 valence electrons. The van der Waals surface area contributed by atoms with E-state index in [2.05, 4.69) is 5.32 Å². The van der Waals surface area contributed by atoms with Crippen molar-refractivity contribution in [2.24, 2.45) is 5.73 Å². The lowest BCUT2D eigenvalue weighted by atomic mass is 10.3. The molecule has 0 spiro atoms. The molecule has 0 saturated carbocycles. The van der Waals surface area contributed by atoms with Gasteiger partial charge in [-0.3, -0.25) is 4.79 Å². The number of nitrogens with one attached hydrogen (secondary N) is 1. The maximum Gasteiger partial charge on any atom is 0.250 e. The summed E-state index contributed by atoms with van der Waals surface area (Å²) in [6.45, 7) is 1.57. The number of hydrogen-bond acceptors (Lipinski definition) is 4. The zero-order valence-corrected chi connectivity index (χ0v) is 6.45. The van der Waals surface area contributed by atoms with E-state index in [9.17, 15) is 4.79 Å². The summed E-state index contributed by atoms with van der Waals surface area (Å²) in [6.07, 6.45) is -1.78. The van der Waals surface area contributed by atoms with Crippen molar-refractivity contribution in [3.8, 4) is 0 Å². The summed E-state index contributed by atoms with van der Waals surface area (Å²) in [5.74, 6) is -0.548. The van der Waals surface area contributed by atoms with Gasteiger partial charge in [0.05, 0.1) is 6.10 Å². The average Bonchev–Trinajstić information content (AvgIpc) is 1.98. The normalized spacial score (nSPS) is 15.6. The van der Waals surface area contributed by atoms with Gasteiger partial charge >= 0.3 is 0 Å². The van der Waals surface area contributed by atoms with Gasteiger partial charge < -0.3 is 21.3 Å². The van der Waals surface area contributed by atoms with Gasteiger partial charge in [-0.1, -0.05) is 0 Å². The summed E-state index contributed by atoms with van der Waals surface area (Å²) in [7, 11) is 0. The molecule has 0 radical (unpaired) electrons. The van der Waals surface area contributed by atoms with E-state index in [1.807, 2.05) is 0 Å². The summed E-state index contributed by atoms with van der Waals surface area (Å²) in [4.78, 5) is 10.7. The first-order valence-corrected chi connectivity index (χ1v) is 3.41. The molecule has 5 nitrogen and oxygen atoms in total. The molecule has 5 N–H and O–H groups in total. The van der Waals surface area contributed by atoms with Gasteiger partial charge in [0.1, 0.15) is 6.10 Å². The number of carbonyl (C=O) groups excluding carboxylic acids is 1. The Hall–Kier alpha value is -0.650. The monoisotopic (exact) mass is 162 g/mol. The highest BCUT2D eigenvalue weighted by Gasteiger charge is 2.11. The Morgan fingerprint density at radius 1 is 1.64 bits per heavy atom. The van der Waals surface area contributed by atoms with Crippen molar-refractivity contribution < 1.29 is 15.0 Å². The van der Waals surface area contributed by atoms with Crippen molar-refractivity contribution in [2.75, 3.05) is 13.1 Å². The number of rotatable bonds is 4. The van der Waals surface area contributed by atoms with Crippen molar-refractivity contribution in [2.45, 2.75) is 19.1 Å². The van der Waals surface area contributed by atoms with Crippen LogP contribution in [0, 0.1) is 0 Å². The predicted octanol–water partition coefficient (Wildman–Crippen LogP) is -2.20. The molecule has 0 aromatic rings. The molecule has 1 unspecified atom stereocenters. The van der Waals surface area contributed by atoms with E-state index >= 15 is 0 Å². The molecule has 0 heterocycles. The topological polar surface area (TPSA) is 95.6 Å². The molecule has 0 aromatic heterocycles. The van der Waals surface area contributed by atoms with E-state index in [0.717, 1.165) is 0 Å². The minimum Gasteiger partial charge on any atom is -0.392 e. The predicted molar refractivity (Wildman–Crippen MR) is 39.8 cm³/mol. The minimum absolute atomic E-state index is 0.106. The molecule has 0 bridgehead atoms. The molecular formula is C6H14N2O3. The summed E-state index contributed by atoms with van der Waals surface area (Å²) in [5, 5.41) is 19.9. The highest BCUT2D eigenvalue weighted by Crippen LogP contribution is 1.80. The van der Waals surface area contributed by atoms with Gasteiger partial charge in [0.15, 0.2) is 0 Å². The van der Waals surface area contributed by atoms with E-state index in [-0.39, 0.29) is 13.1 Å². The molecular weight excluding hydrogens is 148 g/mol. The lowest BCUT2D eigenvalue weighted by molar-refractivity contribution is -0.129. The summed E-state index contributed by atoms with van der Waals surface area (Å²) < 4.78 is 0. The Bertz CT molecular complexity index is 127. The molecule has 0 aromatic carbocycles. The molecule has 11 heavy (non-hydrogen) atoms. The van der Waals surface area contributed by atoms with E-state index < -0.39 is 18.1 Å². The van der Waals surface area contributed by atoms with Gasteiger partial charge in [0.2, 0.25) is 5.91 Å². The second-order valence-corrected chi connectivity index (χ2v) is 2.35. The lowest BCUT2D eigenvalue weighted by Gasteiger charge is -2.09. The number of carbonyl (C=O) groups is 1. The van der Waals surface area contributed by atoms with Crippen molar-refractivity contribution in [3.63, 3.8) is 0 Å². The molecule has 5 heteroatoms. The second kappa shape index (κ2) is 5.06. The molecule has 0 rings (SSSR count). The fourth-order valence-electron chi connectivity index (χ4n) is 0.473. The summed E-state index contributed by atoms with van der Waals surface area (Å²) >= 11 is 0. The van der Waals surface area contributed by atoms with Crippen LogP contribution >= 0.6 is 0 Å². The van der Waals surface area contributed by atoms with Crippen LogP contribution in [0.5, 0.6) is 0 Å². The SMILES string of the molecule is CC(O)CNC(=O)[C@@H](O)CN. The van der Waals surface area contributed by atoms with Crippen molar-refractivity contribution in [1.82, 2.24) is 5.32 Å². The van der Waals surface area contributed by atoms with Gasteiger partial charge in [-0.15, -0.1) is 0 Å². The van der Waals surface area contributed by atoms with Crippen LogP contribution in [0.1, 0.15) is 6.92 Å². The Morgan fingerprint density at radius 3 is 2.55 bits per heavy atom. The Kier molecular flexibility index (Phi) is 4.76. The Morgan fingerprint density at radius 2 is 2.18 bits per heavy atom. The third kappa shape index (κ3) is 4.72. The summed E-state index contributed by atoms with van der Waals surface area (Å²) in [5.41, 5.74) is 5.01. The second-order valence-electron chi connectivity index (χ2n) is 2.35. The van der Waals surface area contributed by atoms with Crippen molar-refractivity contribution in [1.29, 1.82) is 0 Å². The van der Waals surface area contributed by atoms with Crippen LogP contribution in [0.15, 0.2) is 0 Å². The minimum atomic E-state index is -1.17. The molecule has 0 aliphatic rings. The zero-order chi connectivity index (χ0) is 8.85. The lowest BCUT2D eigenvalue weighted by Crippen LogP contribution is -2.41. The highest BCUT2D eigenvalue weighted by atomic mass is 16.3. The van der Waals surface area contributed by atoms with Gasteiger partial charge in [-0.2, -0.15) is 0 Å². The first-order valence-electron chi connectivity index (χ1n) is 3.41. The van der Waals surface area contributed by atoms with Crippen LogP contribution in [0.2, 0.25) is 0 Å². The maximum absolute atomic E-state index is 10.7. The van der Waals surface area contributed by atoms with E-state index in [4.69, 9.17) is 15.9 Å². The Balaban J connectivity index is 3.52. The molecule has 1 amide bonds. The van der Waals surface area contributed by atoms with Crippen LogP contribution in [-0.4, -0.2) is 41.4 Å². The van der Waals surface area contributed by atoms with Crippen LogP contribution < -0.4 is 11.1 Å². The van der Waals surface area contributed by atoms with Crippen LogP contribution in [-0.2, 0) is 4.79 Å². The number of aliphatic hydroxyl groups excluding tert-OH is 2. The average molecular weight is 162 g/mol. The third-order valence-electron chi connectivity index (χ3n) is 1.10. The van der Waals surface area contributed by atoms with Gasteiger partial charge in [-0.05, 0) is 6.92 Å². The molecule has 0 fully saturated rings. The van der Waals surface area contributed by atoms with Gasteiger partial charge in [0, 0.05) is 13.1 Å². The van der Waals surface area contributed by atoms with E-state index in [0.29, 0.717) is 0 Å². The van der Waals surface area contributed by atoms with E-state index in [1.165, 1.54) is 6.92 Å². The molecule has 0 aliphatic carbocycles. The number of hydrogen-bond donors (Lipinski definition) is 4. The zero-order valence-electron chi connectivity index (χ0n) is 6.45. The highest BCUT2D eigenvalue weighted by molar-refractivity contribution is 5.80.